The van der Waals surface area contributed by atoms with Crippen molar-refractivity contribution < 1.29 is 4.74 Å². The maximum absolute atomic E-state index is 5.81. The van der Waals surface area contributed by atoms with Gasteiger partial charge in [0.1, 0.15) is 5.75 Å². The van der Waals surface area contributed by atoms with Crippen molar-refractivity contribution >= 4 is 0 Å². The van der Waals surface area contributed by atoms with Crippen molar-refractivity contribution in [3.63, 3.8) is 0 Å². The van der Waals surface area contributed by atoms with Crippen LogP contribution in [-0.4, -0.2) is 43.7 Å². The Bertz CT molecular complexity index is 478. The Morgan fingerprint density at radius 3 is 2.71 bits per heavy atom. The first kappa shape index (κ1) is 13.6. The molecule has 1 atom stereocenters. The second-order valence-electron chi connectivity index (χ2n) is 6.97. The minimum atomic E-state index is 0.567. The minimum absolute atomic E-state index is 0.567. The van der Waals surface area contributed by atoms with Crippen molar-refractivity contribution in [1.29, 1.82) is 0 Å². The standard InChI is InChI=1S/C18H26N2O/c1-2-4-18-17(3-1)15(13-21-18)12-20-9-7-16(8-10-20)19-11-14-5-6-14/h1-4,14-16,19H,5-13H2. The van der Waals surface area contributed by atoms with Crippen molar-refractivity contribution in [2.45, 2.75) is 37.6 Å². The van der Waals surface area contributed by atoms with Crippen LogP contribution in [0.25, 0.3) is 0 Å². The molecular formula is C18H26N2O. The molecule has 2 heterocycles. The van der Waals surface area contributed by atoms with Crippen LogP contribution in [0, 0.1) is 5.92 Å². The third kappa shape index (κ3) is 3.24. The van der Waals surface area contributed by atoms with Crippen LogP contribution in [0.2, 0.25) is 0 Å². The minimum Gasteiger partial charge on any atom is -0.493 e. The molecule has 4 rings (SSSR count). The topological polar surface area (TPSA) is 24.5 Å². The summed E-state index contributed by atoms with van der Waals surface area (Å²) in [5.74, 6) is 2.66. The van der Waals surface area contributed by atoms with E-state index in [1.165, 1.54) is 50.9 Å². The van der Waals surface area contributed by atoms with Gasteiger partial charge in [0, 0.05) is 24.1 Å². The highest BCUT2D eigenvalue weighted by atomic mass is 16.5. The van der Waals surface area contributed by atoms with Crippen LogP contribution in [0.4, 0.5) is 0 Å². The van der Waals surface area contributed by atoms with E-state index in [0.29, 0.717) is 5.92 Å². The Labute approximate surface area is 127 Å². The van der Waals surface area contributed by atoms with E-state index in [0.717, 1.165) is 30.9 Å². The summed E-state index contributed by atoms with van der Waals surface area (Å²) < 4.78 is 5.81. The number of benzene rings is 1. The van der Waals surface area contributed by atoms with E-state index < -0.39 is 0 Å². The summed E-state index contributed by atoms with van der Waals surface area (Å²) in [6.07, 6.45) is 5.52. The van der Waals surface area contributed by atoms with Crippen LogP contribution in [-0.2, 0) is 0 Å². The number of piperidine rings is 1. The van der Waals surface area contributed by atoms with Crippen LogP contribution in [0.3, 0.4) is 0 Å². The number of nitrogens with one attached hydrogen (secondary N) is 1. The van der Waals surface area contributed by atoms with Gasteiger partial charge in [-0.05, 0) is 57.3 Å². The summed E-state index contributed by atoms with van der Waals surface area (Å²) in [5.41, 5.74) is 1.41. The SMILES string of the molecule is c1ccc2c(c1)OCC2CN1CCC(NCC2CC2)CC1. The van der Waals surface area contributed by atoms with Gasteiger partial charge in [0.15, 0.2) is 0 Å². The summed E-state index contributed by atoms with van der Waals surface area (Å²) in [4.78, 5) is 2.63. The maximum Gasteiger partial charge on any atom is 0.122 e. The second-order valence-corrected chi connectivity index (χ2v) is 6.97. The second kappa shape index (κ2) is 5.98. The van der Waals surface area contributed by atoms with E-state index in [2.05, 4.69) is 34.5 Å². The largest absolute Gasteiger partial charge is 0.493 e. The van der Waals surface area contributed by atoms with Gasteiger partial charge in [0.2, 0.25) is 0 Å². The Morgan fingerprint density at radius 1 is 1.10 bits per heavy atom. The molecular weight excluding hydrogens is 260 g/mol. The zero-order chi connectivity index (χ0) is 14.1. The number of hydrogen-bond acceptors (Lipinski definition) is 3. The highest BCUT2D eigenvalue weighted by molar-refractivity contribution is 5.39. The third-order valence-corrected chi connectivity index (χ3v) is 5.26. The number of likely N-dealkylation sites (tertiary alicyclic amines) is 1. The molecule has 1 aromatic rings. The molecule has 21 heavy (non-hydrogen) atoms. The summed E-state index contributed by atoms with van der Waals surface area (Å²) >= 11 is 0. The fraction of sp³-hybridized carbons (Fsp3) is 0.667. The first-order chi connectivity index (χ1) is 10.4. The molecule has 1 aliphatic carbocycles. The molecule has 1 aromatic carbocycles. The fourth-order valence-electron chi connectivity index (χ4n) is 3.67. The third-order valence-electron chi connectivity index (χ3n) is 5.26. The molecule has 3 heteroatoms. The van der Waals surface area contributed by atoms with E-state index in [-0.39, 0.29) is 0 Å². The zero-order valence-electron chi connectivity index (χ0n) is 12.8. The lowest BCUT2D eigenvalue weighted by atomic mass is 9.98. The monoisotopic (exact) mass is 286 g/mol. The molecule has 2 fully saturated rings. The Balaban J connectivity index is 1.25. The predicted molar refractivity (Wildman–Crippen MR) is 84.9 cm³/mol. The van der Waals surface area contributed by atoms with Crippen LogP contribution in [0.15, 0.2) is 24.3 Å². The zero-order valence-corrected chi connectivity index (χ0v) is 12.8. The summed E-state index contributed by atoms with van der Waals surface area (Å²) in [6.45, 7) is 5.75. The quantitative estimate of drug-likeness (QED) is 0.900. The lowest BCUT2D eigenvalue weighted by molar-refractivity contribution is 0.178. The number of fused-ring (bicyclic) bond motifs is 1. The lowest BCUT2D eigenvalue weighted by Crippen LogP contribution is -2.44. The van der Waals surface area contributed by atoms with E-state index in [1.807, 2.05) is 0 Å². The van der Waals surface area contributed by atoms with Gasteiger partial charge in [-0.2, -0.15) is 0 Å². The maximum atomic E-state index is 5.81. The molecule has 1 unspecified atom stereocenters. The summed E-state index contributed by atoms with van der Waals surface area (Å²) in [5, 5.41) is 3.76. The van der Waals surface area contributed by atoms with Crippen molar-refractivity contribution in [1.82, 2.24) is 10.2 Å². The van der Waals surface area contributed by atoms with Gasteiger partial charge in [-0.3, -0.25) is 0 Å². The molecule has 0 amide bonds. The average Bonchev–Trinajstić information content (AvgIpc) is 3.28. The molecule has 3 aliphatic rings. The van der Waals surface area contributed by atoms with Gasteiger partial charge in [0.25, 0.3) is 0 Å². The van der Waals surface area contributed by atoms with Crippen LogP contribution in [0.1, 0.15) is 37.2 Å². The van der Waals surface area contributed by atoms with Gasteiger partial charge in [-0.25, -0.2) is 0 Å². The number of rotatable bonds is 5. The van der Waals surface area contributed by atoms with Crippen LogP contribution < -0.4 is 10.1 Å². The smallest absolute Gasteiger partial charge is 0.122 e. The van der Waals surface area contributed by atoms with Crippen molar-refractivity contribution in [3.05, 3.63) is 29.8 Å². The molecule has 114 valence electrons. The van der Waals surface area contributed by atoms with Crippen LogP contribution in [0.5, 0.6) is 5.75 Å². The van der Waals surface area contributed by atoms with E-state index >= 15 is 0 Å². The van der Waals surface area contributed by atoms with Gasteiger partial charge in [-0.1, -0.05) is 18.2 Å². The predicted octanol–water partition coefficient (Wildman–Crippen LogP) is 2.63. The Morgan fingerprint density at radius 2 is 1.90 bits per heavy atom. The number of ether oxygens (including phenoxy) is 1. The Kier molecular flexibility index (Phi) is 3.87. The normalized spacial score (nSPS) is 26.6. The van der Waals surface area contributed by atoms with E-state index in [4.69, 9.17) is 4.74 Å². The first-order valence-electron chi connectivity index (χ1n) is 8.56. The van der Waals surface area contributed by atoms with Gasteiger partial charge in [0.05, 0.1) is 6.61 Å². The lowest BCUT2D eigenvalue weighted by Gasteiger charge is -2.33. The van der Waals surface area contributed by atoms with Crippen molar-refractivity contribution in [2.24, 2.45) is 5.92 Å². The molecule has 0 aromatic heterocycles. The molecule has 2 aliphatic heterocycles. The van der Waals surface area contributed by atoms with E-state index in [9.17, 15) is 0 Å². The Hall–Kier alpha value is -1.06. The molecule has 0 spiro atoms. The molecule has 1 saturated carbocycles. The number of para-hydroxylation sites is 1. The van der Waals surface area contributed by atoms with Crippen molar-refractivity contribution in [2.75, 3.05) is 32.8 Å². The van der Waals surface area contributed by atoms with Crippen molar-refractivity contribution in [3.8, 4) is 5.75 Å². The van der Waals surface area contributed by atoms with Gasteiger partial charge in [-0.15, -0.1) is 0 Å². The fourth-order valence-corrected chi connectivity index (χ4v) is 3.67. The summed E-state index contributed by atoms with van der Waals surface area (Å²) in [6, 6.07) is 9.29. The number of nitrogens with zero attached hydrogens (tertiary/aromatic N) is 1. The highest BCUT2D eigenvalue weighted by Crippen LogP contribution is 2.34. The molecule has 1 saturated heterocycles. The van der Waals surface area contributed by atoms with Crippen LogP contribution >= 0.6 is 0 Å². The average molecular weight is 286 g/mol. The highest BCUT2D eigenvalue weighted by Gasteiger charge is 2.28. The molecule has 0 bridgehead atoms. The molecule has 0 radical (unpaired) electrons. The molecule has 3 nitrogen and oxygen atoms in total. The molecule has 1 N–H and O–H groups in total. The van der Waals surface area contributed by atoms with Gasteiger partial charge >= 0.3 is 0 Å². The van der Waals surface area contributed by atoms with E-state index in [1.54, 1.807) is 0 Å². The summed E-state index contributed by atoms with van der Waals surface area (Å²) in [7, 11) is 0. The van der Waals surface area contributed by atoms with Gasteiger partial charge < -0.3 is 15.0 Å². The number of hydrogen-bond donors (Lipinski definition) is 1. The first-order valence-corrected chi connectivity index (χ1v) is 8.56.